The number of benzene rings is 3. The normalized spacial score (nSPS) is 12.1. The zero-order valence-corrected chi connectivity index (χ0v) is 19.5. The number of anilines is 1. The Bertz CT molecular complexity index is 1660. The Morgan fingerprint density at radius 1 is 0.971 bits per heavy atom. The van der Waals surface area contributed by atoms with E-state index >= 15 is 0 Å². The second kappa shape index (κ2) is 8.44. The number of hydrogen-bond acceptors (Lipinski definition) is 7. The summed E-state index contributed by atoms with van der Waals surface area (Å²) in [4.78, 5) is 9.11. The van der Waals surface area contributed by atoms with E-state index in [1.54, 1.807) is 60.8 Å². The van der Waals surface area contributed by atoms with Crippen LogP contribution in [0.3, 0.4) is 0 Å². The van der Waals surface area contributed by atoms with Crippen molar-refractivity contribution in [1.82, 2.24) is 14.6 Å². The second-order valence-corrected chi connectivity index (χ2v) is 9.71. The fraction of sp³-hybridized carbons (Fsp3) is 0.0417. The molecule has 0 unspecified atom stereocenters. The van der Waals surface area contributed by atoms with Crippen LogP contribution in [0.15, 0.2) is 87.7 Å². The van der Waals surface area contributed by atoms with Gasteiger partial charge in [0.25, 0.3) is 0 Å². The van der Waals surface area contributed by atoms with E-state index in [1.807, 2.05) is 6.07 Å². The summed E-state index contributed by atoms with van der Waals surface area (Å²) < 4.78 is 33.8. The fourth-order valence-electron chi connectivity index (χ4n) is 3.55. The lowest BCUT2D eigenvalue weighted by atomic mass is 10.2. The molecule has 0 saturated carbocycles. The Balaban J connectivity index is 1.76. The zero-order valence-electron chi connectivity index (χ0n) is 17.9. The number of nitrogen functional groups attached to an aromatic ring is 1. The van der Waals surface area contributed by atoms with Crippen LogP contribution in [-0.2, 0) is 9.84 Å². The summed E-state index contributed by atoms with van der Waals surface area (Å²) in [5.74, 6) is 0.444. The van der Waals surface area contributed by atoms with E-state index in [0.29, 0.717) is 21.8 Å². The fourth-order valence-corrected chi connectivity index (χ4v) is 5.16. The first-order valence-corrected chi connectivity index (χ1v) is 12.0. The molecule has 2 aromatic heterocycles. The standard InChI is InChI=1S/C24H18ClN5O3S/c1-33-17-10-12-18(13-11-17)34(31,32)22-21-24(29-20-5-3-2-4-19(20)28-21)30(23(22)26)27-14-15-6-8-16(25)9-7-15/h2-14H,26H2,1H3/b27-14-. The number of sulfone groups is 1. The number of methoxy groups -OCH3 is 1. The van der Waals surface area contributed by atoms with Gasteiger partial charge >= 0.3 is 0 Å². The molecular weight excluding hydrogens is 474 g/mol. The Morgan fingerprint density at radius 2 is 1.62 bits per heavy atom. The maximum Gasteiger partial charge on any atom is 0.212 e. The largest absolute Gasteiger partial charge is 0.497 e. The van der Waals surface area contributed by atoms with Gasteiger partial charge in [0.15, 0.2) is 5.65 Å². The molecule has 34 heavy (non-hydrogen) atoms. The smallest absolute Gasteiger partial charge is 0.212 e. The molecule has 5 rings (SSSR count). The molecule has 10 heteroatoms. The van der Waals surface area contributed by atoms with Crippen LogP contribution >= 0.6 is 11.6 Å². The van der Waals surface area contributed by atoms with Crippen LogP contribution in [0.25, 0.3) is 22.2 Å². The van der Waals surface area contributed by atoms with E-state index in [0.717, 1.165) is 5.56 Å². The highest BCUT2D eigenvalue weighted by Gasteiger charge is 2.30. The van der Waals surface area contributed by atoms with Gasteiger partial charge in [0, 0.05) is 5.02 Å². The topological polar surface area (TPSA) is 112 Å². The summed E-state index contributed by atoms with van der Waals surface area (Å²) in [6.45, 7) is 0. The number of hydrogen-bond donors (Lipinski definition) is 1. The van der Waals surface area contributed by atoms with Crippen molar-refractivity contribution in [1.29, 1.82) is 0 Å². The average Bonchev–Trinajstić information content (AvgIpc) is 3.12. The minimum Gasteiger partial charge on any atom is -0.497 e. The molecule has 0 saturated heterocycles. The van der Waals surface area contributed by atoms with E-state index in [9.17, 15) is 8.42 Å². The van der Waals surface area contributed by atoms with Crippen molar-refractivity contribution in [2.45, 2.75) is 9.79 Å². The van der Waals surface area contributed by atoms with Crippen molar-refractivity contribution in [2.24, 2.45) is 5.10 Å². The lowest BCUT2D eigenvalue weighted by Gasteiger charge is -2.06. The number of nitrogens with two attached hydrogens (primary N) is 1. The molecule has 2 N–H and O–H groups in total. The molecule has 0 amide bonds. The highest BCUT2D eigenvalue weighted by Crippen LogP contribution is 2.35. The summed E-state index contributed by atoms with van der Waals surface area (Å²) in [6, 6.07) is 20.3. The summed E-state index contributed by atoms with van der Waals surface area (Å²) in [7, 11) is -2.54. The van der Waals surface area contributed by atoms with Gasteiger partial charge in [0.2, 0.25) is 9.84 Å². The van der Waals surface area contributed by atoms with Crippen LogP contribution in [0.4, 0.5) is 5.82 Å². The van der Waals surface area contributed by atoms with Gasteiger partial charge in [-0.05, 0) is 54.1 Å². The Kier molecular flexibility index (Phi) is 5.43. The minimum atomic E-state index is -4.05. The van der Waals surface area contributed by atoms with Crippen molar-refractivity contribution >= 4 is 55.7 Å². The highest BCUT2D eigenvalue weighted by atomic mass is 35.5. The summed E-state index contributed by atoms with van der Waals surface area (Å²) in [6.07, 6.45) is 1.55. The monoisotopic (exact) mass is 491 g/mol. The number of para-hydroxylation sites is 2. The maximum absolute atomic E-state index is 13.7. The molecule has 0 radical (unpaired) electrons. The van der Waals surface area contributed by atoms with E-state index in [2.05, 4.69) is 15.1 Å². The van der Waals surface area contributed by atoms with Gasteiger partial charge in [0.05, 0.1) is 29.3 Å². The van der Waals surface area contributed by atoms with E-state index in [1.165, 1.54) is 23.9 Å². The summed E-state index contributed by atoms with van der Waals surface area (Å²) in [5.41, 5.74) is 8.64. The molecule has 0 atom stereocenters. The van der Waals surface area contributed by atoms with Crippen LogP contribution in [0, 0.1) is 0 Å². The Hall–Kier alpha value is -3.95. The SMILES string of the molecule is COc1ccc(S(=O)(=O)c2c(N)n(/N=C\c3ccc(Cl)cc3)c3nc4ccccc4nc23)cc1. The summed E-state index contributed by atoms with van der Waals surface area (Å²) in [5, 5.41) is 5.02. The maximum atomic E-state index is 13.7. The number of fused-ring (bicyclic) bond motifs is 2. The molecule has 0 aliphatic heterocycles. The molecule has 170 valence electrons. The predicted octanol–water partition coefficient (Wildman–Crippen LogP) is 4.54. The lowest BCUT2D eigenvalue weighted by Crippen LogP contribution is -2.06. The molecule has 5 aromatic rings. The van der Waals surface area contributed by atoms with E-state index in [4.69, 9.17) is 22.1 Å². The summed E-state index contributed by atoms with van der Waals surface area (Å²) >= 11 is 5.96. The van der Waals surface area contributed by atoms with E-state index in [-0.39, 0.29) is 26.8 Å². The predicted molar refractivity (Wildman–Crippen MR) is 132 cm³/mol. The van der Waals surface area contributed by atoms with Crippen molar-refractivity contribution in [3.05, 3.63) is 83.4 Å². The number of ether oxygens (including phenoxy) is 1. The van der Waals surface area contributed by atoms with Gasteiger partial charge in [-0.25, -0.2) is 18.4 Å². The van der Waals surface area contributed by atoms with Crippen molar-refractivity contribution < 1.29 is 13.2 Å². The van der Waals surface area contributed by atoms with Crippen LogP contribution in [0.1, 0.15) is 5.56 Å². The van der Waals surface area contributed by atoms with Crippen molar-refractivity contribution in [3.63, 3.8) is 0 Å². The van der Waals surface area contributed by atoms with Crippen LogP contribution in [-0.4, -0.2) is 36.4 Å². The Morgan fingerprint density at radius 3 is 2.26 bits per heavy atom. The zero-order chi connectivity index (χ0) is 23.9. The van der Waals surface area contributed by atoms with Gasteiger partial charge in [-0.15, -0.1) is 0 Å². The molecular formula is C24H18ClN5O3S. The number of halogens is 1. The minimum absolute atomic E-state index is 0.0516. The van der Waals surface area contributed by atoms with Crippen molar-refractivity contribution in [3.8, 4) is 5.75 Å². The van der Waals surface area contributed by atoms with Crippen molar-refractivity contribution in [2.75, 3.05) is 12.8 Å². The quantitative estimate of drug-likeness (QED) is 0.361. The molecule has 0 spiro atoms. The van der Waals surface area contributed by atoms with Crippen LogP contribution < -0.4 is 10.5 Å². The van der Waals surface area contributed by atoms with Gasteiger partial charge in [-0.3, -0.25) is 0 Å². The molecule has 0 aliphatic rings. The Labute approximate surface area is 200 Å². The van der Waals surface area contributed by atoms with Gasteiger partial charge in [-0.1, -0.05) is 35.9 Å². The first kappa shape index (κ1) is 21.9. The third kappa shape index (κ3) is 3.74. The third-order valence-electron chi connectivity index (χ3n) is 5.26. The number of aromatic nitrogens is 3. The van der Waals surface area contributed by atoms with Crippen LogP contribution in [0.5, 0.6) is 5.75 Å². The van der Waals surface area contributed by atoms with Gasteiger partial charge in [0.1, 0.15) is 22.0 Å². The first-order chi connectivity index (χ1) is 16.4. The molecule has 8 nitrogen and oxygen atoms in total. The number of nitrogens with zero attached hydrogens (tertiary/aromatic N) is 4. The molecule has 0 aliphatic carbocycles. The van der Waals surface area contributed by atoms with E-state index < -0.39 is 9.84 Å². The molecule has 2 heterocycles. The van der Waals surface area contributed by atoms with Crippen LogP contribution in [0.2, 0.25) is 5.02 Å². The molecule has 0 bridgehead atoms. The molecule has 3 aromatic carbocycles. The molecule has 0 fully saturated rings. The second-order valence-electron chi connectivity index (χ2n) is 7.39. The lowest BCUT2D eigenvalue weighted by molar-refractivity contribution is 0.414. The number of rotatable bonds is 5. The third-order valence-corrected chi connectivity index (χ3v) is 7.34. The highest BCUT2D eigenvalue weighted by molar-refractivity contribution is 7.92. The first-order valence-electron chi connectivity index (χ1n) is 10.1. The van der Waals surface area contributed by atoms with Gasteiger partial charge in [-0.2, -0.15) is 9.78 Å². The average molecular weight is 492 g/mol. The van der Waals surface area contributed by atoms with Gasteiger partial charge < -0.3 is 10.5 Å².